The number of thioether (sulfide) groups is 1. The molecule has 11 N–H and O–H groups in total. The lowest BCUT2D eigenvalue weighted by molar-refractivity contribution is -0.168. The van der Waals surface area contributed by atoms with Gasteiger partial charge in [-0.05, 0) is 296 Å². The van der Waals surface area contributed by atoms with Gasteiger partial charge in [0.2, 0.25) is 0 Å². The van der Waals surface area contributed by atoms with Crippen LogP contribution >= 0.6 is 34.4 Å². The summed E-state index contributed by atoms with van der Waals surface area (Å²) in [4.78, 5) is 91.7. The number of nitrogens with two attached hydrogens (primary N) is 1. The predicted molar refractivity (Wildman–Crippen MR) is 469 cm³/mol. The molecule has 4 amide bonds. The molecule has 0 unspecified atom stereocenters. The number of amides is 4. The number of aliphatic carboxylic acids is 1. The molecule has 0 radical (unpaired) electrons. The zero-order valence-electron chi connectivity index (χ0n) is 80.0. The van der Waals surface area contributed by atoms with Crippen LogP contribution < -0.4 is 32.3 Å². The average molecular weight is 1910 g/mol. The molecule has 7 heterocycles. The van der Waals surface area contributed by atoms with Crippen molar-refractivity contribution in [1.29, 1.82) is 0 Å². The van der Waals surface area contributed by atoms with Crippen molar-refractivity contribution in [3.05, 3.63) is 9.26 Å². The molecule has 13 rings (SSSR count). The number of nitrogens with zero attached hydrogens (tertiary/aromatic N) is 2. The number of aromatic nitrogens is 2. The number of halogens is 1. The number of carbonyl (C=O) groups is 7. The maximum atomic E-state index is 12.0. The summed E-state index contributed by atoms with van der Waals surface area (Å²) in [6.07, 6.45) is 0.134. The van der Waals surface area contributed by atoms with Gasteiger partial charge in [-0.25, -0.2) is 29.1 Å². The maximum Gasteiger partial charge on any atom is 0.407 e. The number of carbonyl (C=O) groups excluding carboxylic acids is 6. The Kier molecular flexibility index (Phi) is 32.5. The monoisotopic (exact) mass is 1910 g/mol. The Bertz CT molecular complexity index is 3760. The second-order valence-corrected chi connectivity index (χ2v) is 45.2. The van der Waals surface area contributed by atoms with Gasteiger partial charge >= 0.3 is 30.3 Å². The molecule has 1 aromatic rings. The van der Waals surface area contributed by atoms with Gasteiger partial charge in [-0.2, -0.15) is 0 Å². The first-order valence-electron chi connectivity index (χ1n) is 43.6. The van der Waals surface area contributed by atoms with E-state index in [1.54, 1.807) is 118 Å². The largest absolute Gasteiger partial charge is 0.481 e. The number of carboxylic acid groups (broad SMARTS) is 1. The van der Waals surface area contributed by atoms with Crippen molar-refractivity contribution in [2.24, 2.45) is 41.2 Å². The molecule has 0 aromatic carbocycles. The SMILES string of the molecule is CC(=O)[C@H]1C[C@@H](NC(=O)OC(C)(C)C)[C@@H]2OC(C)(C)O[C@@H]21.CC(=O)[C@H]1C[C@@H](NC(=O)OC(C)(C)C)[C@@H]2OC(C)(C)O[C@@H]21.CC(C)(C)OC(=O)N[C@@H]1C[C@H](C(=O)O)[C@H]2OC(C)(C)O[C@H]21.CC(C)(C)OC(=O)N[C@@H]1C[C@H](C(C)(C)O)[C@H]2OC(C)(C)O[C@H]21.CC1(C)O[C@@H]2[C@H](O1)[C@@H](C(C)(C)O)C[C@H]2N.CSc1nc(C)c(I)c(N[C@@H]2C[C@H](C(C)(C)O)[C@H]3OC(C)(C)O[C@H]32)n1. The summed E-state index contributed by atoms with van der Waals surface area (Å²) in [5.41, 5.74) is 2.19. The third kappa shape index (κ3) is 28.6. The second-order valence-electron chi connectivity index (χ2n) is 43.3. The fourth-order valence-corrected chi connectivity index (χ4v) is 19.3. The Labute approximate surface area is 756 Å². The molecule has 1 aromatic heterocycles. The normalized spacial score (nSPS) is 34.9. The molecular formula is C88H149IN8O27S. The summed E-state index contributed by atoms with van der Waals surface area (Å²) < 4.78 is 92.6. The number of rotatable bonds is 13. The number of nitrogens with one attached hydrogen (secondary N) is 5. The number of fused-ring (bicyclic) bond motifs is 6. The average Bonchev–Trinajstić information content (AvgIpc) is 1.55. The first kappa shape index (κ1) is 106. The molecule has 6 aliphatic heterocycles. The van der Waals surface area contributed by atoms with E-state index in [0.717, 1.165) is 33.1 Å². The Morgan fingerprint density at radius 1 is 0.384 bits per heavy atom. The molecule has 12 fully saturated rings. The zero-order chi connectivity index (χ0) is 94.9. The molecule has 24 atom stereocenters. The first-order chi connectivity index (χ1) is 56.5. The van der Waals surface area contributed by atoms with Crippen LogP contribution in [0, 0.1) is 46.0 Å². The van der Waals surface area contributed by atoms with Crippen LogP contribution in [0.3, 0.4) is 0 Å². The molecule has 35 nitrogen and oxygen atoms in total. The Morgan fingerprint density at radius 2 is 0.624 bits per heavy atom. The summed E-state index contributed by atoms with van der Waals surface area (Å²) in [5, 5.41) is 55.8. The van der Waals surface area contributed by atoms with Gasteiger partial charge in [0.15, 0.2) is 39.9 Å². The van der Waals surface area contributed by atoms with Crippen LogP contribution in [0.15, 0.2) is 5.16 Å². The number of ketones is 2. The minimum atomic E-state index is -0.945. The quantitative estimate of drug-likeness (QED) is 0.0379. The van der Waals surface area contributed by atoms with E-state index in [1.807, 2.05) is 117 Å². The van der Waals surface area contributed by atoms with Crippen LogP contribution in [0.25, 0.3) is 0 Å². The van der Waals surface area contributed by atoms with Crippen molar-refractivity contribution >= 4 is 82.1 Å². The molecule has 125 heavy (non-hydrogen) atoms. The van der Waals surface area contributed by atoms with E-state index in [4.69, 9.17) is 81.5 Å². The highest BCUT2D eigenvalue weighted by atomic mass is 127. The summed E-state index contributed by atoms with van der Waals surface area (Å²) >= 11 is 3.80. The lowest BCUT2D eigenvalue weighted by Crippen LogP contribution is -2.45. The Hall–Kier alpha value is -4.79. The van der Waals surface area contributed by atoms with Gasteiger partial charge in [-0.15, -0.1) is 0 Å². The van der Waals surface area contributed by atoms with Gasteiger partial charge in [0, 0.05) is 35.6 Å². The Morgan fingerprint density at radius 3 is 0.912 bits per heavy atom. The summed E-state index contributed by atoms with van der Waals surface area (Å²) in [6.45, 7) is 59.5. The van der Waals surface area contributed by atoms with Crippen molar-refractivity contribution < 1.29 is 130 Å². The number of aliphatic hydroxyl groups is 3. The molecule has 37 heteroatoms. The number of aryl methyl sites for hydroxylation is 1. The number of anilines is 1. The van der Waals surface area contributed by atoms with Gasteiger partial charge < -0.3 is 129 Å². The highest BCUT2D eigenvalue weighted by molar-refractivity contribution is 14.1. The van der Waals surface area contributed by atoms with Gasteiger partial charge in [-0.1, -0.05) is 11.8 Å². The zero-order valence-corrected chi connectivity index (χ0v) is 83.0. The van der Waals surface area contributed by atoms with Crippen LogP contribution in [0.2, 0.25) is 0 Å². The summed E-state index contributed by atoms with van der Waals surface area (Å²) in [5.74, 6) is -5.53. The van der Waals surface area contributed by atoms with E-state index < -0.39 is 128 Å². The first-order valence-corrected chi connectivity index (χ1v) is 45.9. The number of hydrogen-bond acceptors (Lipinski definition) is 31. The summed E-state index contributed by atoms with van der Waals surface area (Å²) in [6, 6.07) is -1.24. The lowest BCUT2D eigenvalue weighted by atomic mass is 9.87. The molecule has 716 valence electrons. The fraction of sp³-hybridized carbons (Fsp3) is 0.875. The number of ether oxygens (including phenoxy) is 16. The van der Waals surface area contributed by atoms with E-state index in [-0.39, 0.29) is 139 Å². The molecule has 6 saturated carbocycles. The topological polar surface area (TPSA) is 460 Å². The maximum absolute atomic E-state index is 12.0. The van der Waals surface area contributed by atoms with E-state index >= 15 is 0 Å². The molecule has 12 aliphatic rings. The molecule has 0 bridgehead atoms. The molecule has 6 saturated heterocycles. The van der Waals surface area contributed by atoms with E-state index in [2.05, 4.69) is 59.1 Å². The Balaban J connectivity index is 0.000000187. The number of hydrogen-bond donors (Lipinski definition) is 10. The van der Waals surface area contributed by atoms with Crippen molar-refractivity contribution in [3.8, 4) is 0 Å². The standard InChI is InChI=1S/C17H26IN3O3S.C16H29NO5.2C15H25NO5.C14H23NO6.C11H21NO3/c1-8-11(18)14(21-15(19-8)25-6)20-10-7-9(16(2,3)22)12-13(10)24-17(4,5)23-12;1-14(2,3)22-13(18)17-10-8-9(15(4,5)19)11-12(10)21-16(6,7)20-11;2*1-8(17)9-7-10(16-13(18)21-14(2,3)4)12-11(9)19-15(5,6)20-12;1-13(2,3)21-12(18)15-8-6-7(11(16)17)9-10(8)20-14(4,5)19-9;1-10(2,13)6-5-7(12)9-8(6)14-11(3,4)15-9/h9-10,12-13,22H,7H2,1-6H3,(H,19,20,21);9-12,19H,8H2,1-7H3,(H,17,18);2*9-12H,7H2,1-6H3,(H,16,18);7-10H,6H2,1-5H3,(H,15,18)(H,16,17);6-9,13H,5,12H2,1-4H3/t9-,10+,12+,13-;9-,10+,11+,12-;2*9-,10-,11-,12+;7-,8+,9+,10-;6-,7+,8+,9-/m001100/s1. The van der Waals surface area contributed by atoms with E-state index in [9.17, 15) is 54.0 Å². The van der Waals surface area contributed by atoms with Crippen LogP contribution in [-0.2, 0) is 90.2 Å². The highest BCUT2D eigenvalue weighted by Crippen LogP contribution is 2.51. The predicted octanol–water partition coefficient (Wildman–Crippen LogP) is 11.5. The van der Waals surface area contributed by atoms with Gasteiger partial charge in [0.25, 0.3) is 0 Å². The van der Waals surface area contributed by atoms with Gasteiger partial charge in [-0.3, -0.25) is 14.4 Å². The number of carboxylic acids is 1. The van der Waals surface area contributed by atoms with Crippen molar-refractivity contribution in [3.63, 3.8) is 0 Å². The molecule has 6 aliphatic carbocycles. The smallest absolute Gasteiger partial charge is 0.407 e. The third-order valence-corrected chi connectivity index (χ3v) is 25.1. The van der Waals surface area contributed by atoms with E-state index in [1.165, 1.54) is 11.8 Å². The van der Waals surface area contributed by atoms with E-state index in [0.29, 0.717) is 19.3 Å². The van der Waals surface area contributed by atoms with Crippen LogP contribution in [0.1, 0.15) is 266 Å². The molecular weight excluding hydrogens is 1760 g/mol. The lowest BCUT2D eigenvalue weighted by Gasteiger charge is -2.31. The number of Topliss-reactive ketones (excluding diaryl/α,β-unsaturated/α-hetero) is 2. The van der Waals surface area contributed by atoms with Gasteiger partial charge in [0.05, 0.1) is 92.7 Å². The number of alkyl carbamates (subject to hydrolysis) is 4. The molecule has 0 spiro atoms. The van der Waals surface area contributed by atoms with Gasteiger partial charge in [0.1, 0.15) is 82.5 Å². The fourth-order valence-electron chi connectivity index (χ4n) is 18.5. The summed E-state index contributed by atoms with van der Waals surface area (Å²) in [7, 11) is 0. The van der Waals surface area contributed by atoms with Crippen molar-refractivity contribution in [2.75, 3.05) is 11.6 Å². The third-order valence-electron chi connectivity index (χ3n) is 23.2. The van der Waals surface area contributed by atoms with Crippen LogP contribution in [-0.4, -0.2) is 262 Å². The van der Waals surface area contributed by atoms with Crippen molar-refractivity contribution in [1.82, 2.24) is 31.2 Å². The minimum Gasteiger partial charge on any atom is -0.481 e. The highest BCUT2D eigenvalue weighted by Gasteiger charge is 2.63. The minimum absolute atomic E-state index is 0.00242. The second kappa shape index (κ2) is 38.4. The van der Waals surface area contributed by atoms with Crippen LogP contribution in [0.5, 0.6) is 0 Å². The van der Waals surface area contributed by atoms with Crippen molar-refractivity contribution in [2.45, 2.75) is 456 Å². The van der Waals surface area contributed by atoms with Crippen LogP contribution in [0.4, 0.5) is 25.0 Å².